The second-order valence-corrected chi connectivity index (χ2v) is 20.9. The summed E-state index contributed by atoms with van der Waals surface area (Å²) in [5, 5.41) is 0. The lowest BCUT2D eigenvalue weighted by atomic mass is 10.0. The molecule has 0 aromatic heterocycles. The maximum Gasteiger partial charge on any atom is 0.310 e. The lowest BCUT2D eigenvalue weighted by Crippen LogP contribution is -2.30. The molecule has 438 valence electrons. The first-order chi connectivity index (χ1) is 38.0. The van der Waals surface area contributed by atoms with E-state index >= 15 is 0 Å². The van der Waals surface area contributed by atoms with Crippen molar-refractivity contribution in [3.63, 3.8) is 0 Å². The van der Waals surface area contributed by atoms with Gasteiger partial charge in [0.2, 0.25) is 0 Å². The zero-order valence-electron chi connectivity index (χ0n) is 50.2. The van der Waals surface area contributed by atoms with Crippen molar-refractivity contribution in [2.24, 2.45) is 0 Å². The summed E-state index contributed by atoms with van der Waals surface area (Å²) in [6.07, 6.45) is 89.8. The molecule has 0 saturated carbocycles. The van der Waals surface area contributed by atoms with E-state index in [2.05, 4.69) is 130 Å². The largest absolute Gasteiger partial charge is 0.462 e. The molecule has 0 amide bonds. The van der Waals surface area contributed by atoms with Gasteiger partial charge >= 0.3 is 17.9 Å². The summed E-state index contributed by atoms with van der Waals surface area (Å²) < 4.78 is 16.7. The van der Waals surface area contributed by atoms with Gasteiger partial charge in [0.15, 0.2) is 6.10 Å². The molecule has 77 heavy (non-hydrogen) atoms. The van der Waals surface area contributed by atoms with E-state index in [1.165, 1.54) is 141 Å². The fraction of sp³-hybridized carbons (Fsp3) is 0.676. The summed E-state index contributed by atoms with van der Waals surface area (Å²) in [7, 11) is 0. The van der Waals surface area contributed by atoms with Crippen molar-refractivity contribution >= 4 is 17.9 Å². The van der Waals surface area contributed by atoms with Gasteiger partial charge in [-0.2, -0.15) is 0 Å². The number of ether oxygens (including phenoxy) is 3. The predicted molar refractivity (Wildman–Crippen MR) is 334 cm³/mol. The van der Waals surface area contributed by atoms with Crippen LogP contribution in [0.15, 0.2) is 122 Å². The van der Waals surface area contributed by atoms with Crippen LogP contribution in [0.25, 0.3) is 0 Å². The number of esters is 3. The highest BCUT2D eigenvalue weighted by molar-refractivity contribution is 5.72. The molecule has 6 nitrogen and oxygen atoms in total. The molecule has 0 aliphatic heterocycles. The van der Waals surface area contributed by atoms with Crippen LogP contribution in [0.3, 0.4) is 0 Å². The Labute approximate surface area is 475 Å². The standard InChI is InChI=1S/C71H118O6/c1-4-7-10-13-16-19-22-24-26-27-28-29-30-31-32-33-34-35-36-37-38-39-40-41-42-43-45-46-49-52-55-58-61-64-70(73)76-67-68(66-75-69(72)63-60-57-54-51-48-21-18-15-12-9-6-3)77-71(74)65-62-59-56-53-50-47-44-25-23-20-17-14-11-8-5-2/h7-8,10-11,15-20,24-26,28-29,44,50,53,59,62,68H,4-6,9,12-14,21-23,27,30-43,45-49,51-52,54-58,60-61,63-67H2,1-3H3/b10-7-,11-8-,18-15-,19-16-,20-17-,26-24-,29-28-,44-25-,53-50-,62-59-. The number of allylic oxidation sites excluding steroid dienone is 19. The van der Waals surface area contributed by atoms with E-state index in [0.29, 0.717) is 12.8 Å². The number of carbonyl (C=O) groups is 3. The predicted octanol–water partition coefficient (Wildman–Crippen LogP) is 22.0. The van der Waals surface area contributed by atoms with Crippen LogP contribution in [0, 0.1) is 0 Å². The third kappa shape index (κ3) is 62.5. The molecule has 0 aliphatic rings. The third-order valence-electron chi connectivity index (χ3n) is 13.5. The average Bonchev–Trinajstić information content (AvgIpc) is 3.43. The molecular weight excluding hydrogens is 949 g/mol. The van der Waals surface area contributed by atoms with Crippen LogP contribution in [0.2, 0.25) is 0 Å². The van der Waals surface area contributed by atoms with Gasteiger partial charge < -0.3 is 14.2 Å². The molecule has 0 bridgehead atoms. The Morgan fingerprint density at radius 2 is 0.545 bits per heavy atom. The number of rotatable bonds is 57. The highest BCUT2D eigenvalue weighted by Crippen LogP contribution is 2.16. The average molecular weight is 1070 g/mol. The fourth-order valence-corrected chi connectivity index (χ4v) is 8.73. The first-order valence-electron chi connectivity index (χ1n) is 32.0. The van der Waals surface area contributed by atoms with E-state index in [-0.39, 0.29) is 31.6 Å². The maximum absolute atomic E-state index is 12.8. The third-order valence-corrected chi connectivity index (χ3v) is 13.5. The molecule has 0 spiro atoms. The van der Waals surface area contributed by atoms with Gasteiger partial charge in [0.05, 0.1) is 6.42 Å². The van der Waals surface area contributed by atoms with Crippen molar-refractivity contribution in [3.8, 4) is 0 Å². The lowest BCUT2D eigenvalue weighted by molar-refractivity contribution is -0.166. The van der Waals surface area contributed by atoms with E-state index in [1.807, 2.05) is 6.08 Å². The van der Waals surface area contributed by atoms with E-state index in [9.17, 15) is 14.4 Å². The summed E-state index contributed by atoms with van der Waals surface area (Å²) >= 11 is 0. The Morgan fingerprint density at radius 3 is 0.870 bits per heavy atom. The fourth-order valence-electron chi connectivity index (χ4n) is 8.73. The van der Waals surface area contributed by atoms with Crippen LogP contribution in [-0.2, 0) is 28.6 Å². The van der Waals surface area contributed by atoms with Crippen LogP contribution < -0.4 is 0 Å². The zero-order chi connectivity index (χ0) is 55.7. The minimum Gasteiger partial charge on any atom is -0.462 e. The minimum atomic E-state index is -0.836. The lowest BCUT2D eigenvalue weighted by Gasteiger charge is -2.18. The highest BCUT2D eigenvalue weighted by atomic mass is 16.6. The maximum atomic E-state index is 12.8. The van der Waals surface area contributed by atoms with Gasteiger partial charge in [-0.25, -0.2) is 0 Å². The molecule has 0 saturated heterocycles. The van der Waals surface area contributed by atoms with Gasteiger partial charge in [0, 0.05) is 12.8 Å². The zero-order valence-corrected chi connectivity index (χ0v) is 50.2. The number of hydrogen-bond donors (Lipinski definition) is 0. The summed E-state index contributed by atoms with van der Waals surface area (Å²) in [4.78, 5) is 38.1. The van der Waals surface area contributed by atoms with E-state index in [1.54, 1.807) is 6.08 Å². The Balaban J connectivity index is 4.16. The van der Waals surface area contributed by atoms with Gasteiger partial charge in [-0.05, 0) is 103 Å². The number of hydrogen-bond acceptors (Lipinski definition) is 6. The van der Waals surface area contributed by atoms with Gasteiger partial charge in [-0.3, -0.25) is 14.4 Å². The van der Waals surface area contributed by atoms with Crippen molar-refractivity contribution in [2.45, 2.75) is 297 Å². The molecule has 0 heterocycles. The summed E-state index contributed by atoms with van der Waals surface area (Å²) in [6.45, 7) is 6.29. The van der Waals surface area contributed by atoms with Gasteiger partial charge in [-0.1, -0.05) is 290 Å². The first-order valence-corrected chi connectivity index (χ1v) is 32.0. The molecule has 0 aromatic rings. The summed E-state index contributed by atoms with van der Waals surface area (Å²) in [6, 6.07) is 0. The van der Waals surface area contributed by atoms with E-state index in [4.69, 9.17) is 14.2 Å². The summed E-state index contributed by atoms with van der Waals surface area (Å²) in [5.41, 5.74) is 0. The molecule has 0 aromatic carbocycles. The van der Waals surface area contributed by atoms with Gasteiger partial charge in [0.1, 0.15) is 13.2 Å². The molecule has 0 aliphatic carbocycles. The normalized spacial score (nSPS) is 12.9. The van der Waals surface area contributed by atoms with Crippen molar-refractivity contribution < 1.29 is 28.6 Å². The Kier molecular flexibility index (Phi) is 60.8. The smallest absolute Gasteiger partial charge is 0.310 e. The Morgan fingerprint density at radius 1 is 0.286 bits per heavy atom. The van der Waals surface area contributed by atoms with Crippen LogP contribution >= 0.6 is 0 Å². The molecule has 0 rings (SSSR count). The Hall–Kier alpha value is -4.19. The summed E-state index contributed by atoms with van der Waals surface area (Å²) in [5.74, 6) is -1.06. The highest BCUT2D eigenvalue weighted by Gasteiger charge is 2.19. The van der Waals surface area contributed by atoms with Gasteiger partial charge in [0.25, 0.3) is 0 Å². The van der Waals surface area contributed by atoms with Gasteiger partial charge in [-0.15, -0.1) is 0 Å². The Bertz CT molecular complexity index is 1600. The monoisotopic (exact) mass is 1070 g/mol. The number of unbranched alkanes of at least 4 members (excludes halogenated alkanes) is 27. The molecule has 1 unspecified atom stereocenters. The first kappa shape index (κ1) is 72.8. The number of carbonyl (C=O) groups excluding carboxylic acids is 3. The van der Waals surface area contributed by atoms with Crippen LogP contribution in [0.5, 0.6) is 0 Å². The van der Waals surface area contributed by atoms with Crippen LogP contribution in [-0.4, -0.2) is 37.2 Å². The molecule has 1 atom stereocenters. The molecule has 6 heteroatoms. The van der Waals surface area contributed by atoms with Crippen molar-refractivity contribution in [1.82, 2.24) is 0 Å². The quantitative estimate of drug-likeness (QED) is 0.0261. The molecule has 0 radical (unpaired) electrons. The molecule has 0 N–H and O–H groups in total. The van der Waals surface area contributed by atoms with E-state index < -0.39 is 12.1 Å². The van der Waals surface area contributed by atoms with Crippen molar-refractivity contribution in [1.29, 1.82) is 0 Å². The van der Waals surface area contributed by atoms with Crippen LogP contribution in [0.4, 0.5) is 0 Å². The molecule has 0 fully saturated rings. The second kappa shape index (κ2) is 64.3. The van der Waals surface area contributed by atoms with E-state index in [0.717, 1.165) is 109 Å². The van der Waals surface area contributed by atoms with Crippen LogP contribution in [0.1, 0.15) is 290 Å². The molecular formula is C71H118O6. The SMILES string of the molecule is CC/C=C\C/C=C\C/C=C\C/C=C\C/C=C\CC(=O)OC(COC(=O)CCCCCCC/C=C\CCCC)COC(=O)CCCCCCCCCCCCCCCCCCCCCC/C=C\C/C=C\C/C=C\C/C=C\CC. The minimum absolute atomic E-state index is 0.0940. The van der Waals surface area contributed by atoms with Crippen molar-refractivity contribution in [3.05, 3.63) is 122 Å². The second-order valence-electron chi connectivity index (χ2n) is 20.9. The topological polar surface area (TPSA) is 78.9 Å². The van der Waals surface area contributed by atoms with Crippen molar-refractivity contribution in [2.75, 3.05) is 13.2 Å².